The summed E-state index contributed by atoms with van der Waals surface area (Å²) in [5.74, 6) is -0.326. The monoisotopic (exact) mass is 251 g/mol. The second kappa shape index (κ2) is 4.69. The Morgan fingerprint density at radius 1 is 0.947 bits per heavy atom. The van der Waals surface area contributed by atoms with Crippen LogP contribution in [0.1, 0.15) is 28.4 Å². The van der Waals surface area contributed by atoms with Gasteiger partial charge in [0.05, 0.1) is 12.5 Å². The van der Waals surface area contributed by atoms with Crippen molar-refractivity contribution in [2.24, 2.45) is 0 Å². The van der Waals surface area contributed by atoms with Crippen LogP contribution in [0, 0.1) is 0 Å². The molecule has 1 aliphatic heterocycles. The maximum Gasteiger partial charge on any atom is 0.261 e. The van der Waals surface area contributed by atoms with Crippen LogP contribution in [-0.4, -0.2) is 16.7 Å². The molecule has 19 heavy (non-hydrogen) atoms. The smallest absolute Gasteiger partial charge is 0.261 e. The molecular weight excluding hydrogens is 238 g/mol. The van der Waals surface area contributed by atoms with E-state index < -0.39 is 0 Å². The van der Waals surface area contributed by atoms with Gasteiger partial charge in [-0.25, -0.2) is 0 Å². The zero-order chi connectivity index (χ0) is 13.2. The van der Waals surface area contributed by atoms with Crippen LogP contribution < -0.4 is 0 Å². The first-order valence-electron chi connectivity index (χ1n) is 6.24. The molecule has 2 aromatic carbocycles. The molecule has 3 heteroatoms. The van der Waals surface area contributed by atoms with E-state index in [1.165, 1.54) is 4.90 Å². The lowest BCUT2D eigenvalue weighted by Gasteiger charge is -2.39. The number of likely N-dealkylation sites (tertiary alicyclic amines) is 1. The molecule has 0 saturated carbocycles. The second-order valence-electron chi connectivity index (χ2n) is 4.57. The highest BCUT2D eigenvalue weighted by Crippen LogP contribution is 2.35. The molecule has 94 valence electrons. The summed E-state index contributed by atoms with van der Waals surface area (Å²) in [7, 11) is 0. The van der Waals surface area contributed by atoms with E-state index in [0.29, 0.717) is 12.0 Å². The van der Waals surface area contributed by atoms with Gasteiger partial charge in [0, 0.05) is 5.56 Å². The van der Waals surface area contributed by atoms with Crippen LogP contribution in [0.15, 0.2) is 60.7 Å². The van der Waals surface area contributed by atoms with E-state index in [9.17, 15) is 9.59 Å². The first-order chi connectivity index (χ1) is 9.27. The quantitative estimate of drug-likeness (QED) is 0.608. The third-order valence-corrected chi connectivity index (χ3v) is 3.37. The summed E-state index contributed by atoms with van der Waals surface area (Å²) in [6.45, 7) is 0. The van der Waals surface area contributed by atoms with E-state index in [0.717, 1.165) is 5.56 Å². The predicted molar refractivity (Wildman–Crippen MR) is 71.4 cm³/mol. The van der Waals surface area contributed by atoms with Crippen LogP contribution in [0.25, 0.3) is 0 Å². The van der Waals surface area contributed by atoms with E-state index in [-0.39, 0.29) is 17.9 Å². The molecule has 0 spiro atoms. The predicted octanol–water partition coefficient (Wildman–Crippen LogP) is 2.80. The summed E-state index contributed by atoms with van der Waals surface area (Å²) in [5.41, 5.74) is 1.56. The van der Waals surface area contributed by atoms with Crippen LogP contribution in [0.2, 0.25) is 0 Å². The minimum absolute atomic E-state index is 0.109. The first kappa shape index (κ1) is 11.7. The number of benzene rings is 2. The maximum atomic E-state index is 12.3. The molecule has 1 fully saturated rings. The van der Waals surface area contributed by atoms with Gasteiger partial charge in [0.1, 0.15) is 0 Å². The number of hydrogen-bond acceptors (Lipinski definition) is 2. The van der Waals surface area contributed by atoms with Crippen LogP contribution in [0.3, 0.4) is 0 Å². The van der Waals surface area contributed by atoms with Gasteiger partial charge in [-0.05, 0) is 17.7 Å². The van der Waals surface area contributed by atoms with E-state index in [4.69, 9.17) is 0 Å². The van der Waals surface area contributed by atoms with Gasteiger partial charge in [-0.3, -0.25) is 14.5 Å². The van der Waals surface area contributed by atoms with Gasteiger partial charge >= 0.3 is 0 Å². The fraction of sp³-hybridized carbons (Fsp3) is 0.125. The highest BCUT2D eigenvalue weighted by Gasteiger charge is 2.41. The van der Waals surface area contributed by atoms with Crippen LogP contribution in [0.5, 0.6) is 0 Å². The fourth-order valence-corrected chi connectivity index (χ4v) is 2.33. The van der Waals surface area contributed by atoms with E-state index in [2.05, 4.69) is 0 Å². The van der Waals surface area contributed by atoms with Gasteiger partial charge in [0.2, 0.25) is 5.91 Å². The van der Waals surface area contributed by atoms with Crippen molar-refractivity contribution in [2.45, 2.75) is 12.5 Å². The highest BCUT2D eigenvalue weighted by molar-refractivity contribution is 6.08. The average molecular weight is 251 g/mol. The van der Waals surface area contributed by atoms with Gasteiger partial charge in [-0.1, -0.05) is 48.5 Å². The lowest BCUT2D eigenvalue weighted by molar-refractivity contribution is -0.141. The van der Waals surface area contributed by atoms with E-state index >= 15 is 0 Å². The molecule has 2 amide bonds. The molecule has 0 radical (unpaired) electrons. The minimum Gasteiger partial charge on any atom is -0.274 e. The molecule has 1 aliphatic rings. The Bertz CT molecular complexity index is 607. The second-order valence-corrected chi connectivity index (χ2v) is 4.57. The van der Waals surface area contributed by atoms with Crippen molar-refractivity contribution in [3.63, 3.8) is 0 Å². The Kier molecular flexibility index (Phi) is 2.88. The van der Waals surface area contributed by atoms with E-state index in [1.54, 1.807) is 24.3 Å². The zero-order valence-corrected chi connectivity index (χ0v) is 10.3. The van der Waals surface area contributed by atoms with Crippen molar-refractivity contribution < 1.29 is 9.59 Å². The zero-order valence-electron chi connectivity index (χ0n) is 10.3. The number of carbonyl (C=O) groups is 2. The van der Waals surface area contributed by atoms with Crippen molar-refractivity contribution in [1.82, 2.24) is 4.90 Å². The average Bonchev–Trinajstić information content (AvgIpc) is 2.46. The van der Waals surface area contributed by atoms with Crippen molar-refractivity contribution in [2.75, 3.05) is 0 Å². The fourth-order valence-electron chi connectivity index (χ4n) is 2.33. The lowest BCUT2D eigenvalue weighted by Crippen LogP contribution is -2.49. The normalized spacial score (nSPS) is 18.0. The number of β-lactam (4-membered cyclic amide) rings is 1. The highest BCUT2D eigenvalue weighted by atomic mass is 16.2. The molecule has 0 aromatic heterocycles. The topological polar surface area (TPSA) is 37.4 Å². The molecule has 1 heterocycles. The van der Waals surface area contributed by atoms with Crippen LogP contribution in [-0.2, 0) is 4.79 Å². The van der Waals surface area contributed by atoms with Crippen molar-refractivity contribution >= 4 is 11.8 Å². The summed E-state index contributed by atoms with van der Waals surface area (Å²) >= 11 is 0. The number of amides is 2. The molecule has 0 aliphatic carbocycles. The minimum atomic E-state index is -0.217. The number of hydrogen-bond donors (Lipinski definition) is 0. The molecule has 2 aromatic rings. The molecule has 3 rings (SSSR count). The standard InChI is InChI=1S/C16H13NO2/c18-15-11-14(12-7-3-1-4-8-12)17(15)16(19)13-9-5-2-6-10-13/h1-10,14H,11H2/t14-/m1/s1. The van der Waals surface area contributed by atoms with Gasteiger partial charge < -0.3 is 0 Å². The first-order valence-corrected chi connectivity index (χ1v) is 6.24. The Labute approximate surface area is 111 Å². The summed E-state index contributed by atoms with van der Waals surface area (Å²) in [5, 5.41) is 0. The molecule has 1 atom stereocenters. The van der Waals surface area contributed by atoms with Crippen molar-refractivity contribution in [1.29, 1.82) is 0 Å². The van der Waals surface area contributed by atoms with Gasteiger partial charge in [0.25, 0.3) is 5.91 Å². The van der Waals surface area contributed by atoms with Gasteiger partial charge in [0.15, 0.2) is 0 Å². The maximum absolute atomic E-state index is 12.3. The van der Waals surface area contributed by atoms with Gasteiger partial charge in [-0.2, -0.15) is 0 Å². The van der Waals surface area contributed by atoms with Crippen LogP contribution >= 0.6 is 0 Å². The summed E-state index contributed by atoms with van der Waals surface area (Å²) in [6.07, 6.45) is 0.405. The Balaban J connectivity index is 1.87. The third kappa shape index (κ3) is 2.03. The Morgan fingerprint density at radius 3 is 2.11 bits per heavy atom. The Morgan fingerprint density at radius 2 is 1.53 bits per heavy atom. The number of carbonyl (C=O) groups excluding carboxylic acids is 2. The van der Waals surface area contributed by atoms with Crippen molar-refractivity contribution in [3.8, 4) is 0 Å². The summed E-state index contributed by atoms with van der Waals surface area (Å²) < 4.78 is 0. The molecule has 0 bridgehead atoms. The molecule has 3 nitrogen and oxygen atoms in total. The summed E-state index contributed by atoms with van der Waals surface area (Å²) in [4.78, 5) is 25.4. The van der Waals surface area contributed by atoms with Crippen LogP contribution in [0.4, 0.5) is 0 Å². The molecular formula is C16H13NO2. The summed E-state index contributed by atoms with van der Waals surface area (Å²) in [6, 6.07) is 18.4. The Hall–Kier alpha value is -2.42. The number of rotatable bonds is 2. The number of nitrogens with zero attached hydrogens (tertiary/aromatic N) is 1. The molecule has 0 N–H and O–H groups in total. The third-order valence-electron chi connectivity index (χ3n) is 3.37. The largest absolute Gasteiger partial charge is 0.274 e. The van der Waals surface area contributed by atoms with Crippen molar-refractivity contribution in [3.05, 3.63) is 71.8 Å². The van der Waals surface area contributed by atoms with Gasteiger partial charge in [-0.15, -0.1) is 0 Å². The molecule has 0 unspecified atom stereocenters. The van der Waals surface area contributed by atoms with E-state index in [1.807, 2.05) is 36.4 Å². The lowest BCUT2D eigenvalue weighted by atomic mass is 9.93. The SMILES string of the molecule is O=C1C[C@H](c2ccccc2)N1C(=O)c1ccccc1. The molecule has 1 saturated heterocycles. The number of imide groups is 1.